The molecule has 1 atom stereocenters. The minimum atomic E-state index is -3.67. The summed E-state index contributed by atoms with van der Waals surface area (Å²) in [5.74, 6) is 0.645. The minimum absolute atomic E-state index is 0.111. The number of hydrogen-bond donors (Lipinski definition) is 3. The number of benzene rings is 2. The van der Waals surface area contributed by atoms with Crippen molar-refractivity contribution in [3.05, 3.63) is 82.5 Å². The van der Waals surface area contributed by atoms with E-state index in [9.17, 15) is 13.2 Å². The summed E-state index contributed by atoms with van der Waals surface area (Å²) in [6.45, 7) is 8.52. The number of nitrogens with one attached hydrogen (secondary N) is 2. The van der Waals surface area contributed by atoms with Crippen molar-refractivity contribution >= 4 is 33.4 Å². The highest BCUT2D eigenvalue weighted by molar-refractivity contribution is 7.85. The van der Waals surface area contributed by atoms with Crippen molar-refractivity contribution in [3.63, 3.8) is 0 Å². The molecule has 3 aromatic rings. The molecule has 1 aliphatic rings. The van der Waals surface area contributed by atoms with Crippen LogP contribution in [0, 0.1) is 0 Å². The fraction of sp³-hybridized carbons (Fsp3) is 0.407. The molecule has 1 amide bonds. The molecule has 10 heteroatoms. The predicted octanol–water partition coefficient (Wildman–Crippen LogP) is 5.78. The van der Waals surface area contributed by atoms with Gasteiger partial charge in [0, 0.05) is 5.02 Å². The third-order valence-electron chi connectivity index (χ3n) is 6.76. The Balaban J connectivity index is 0.000000695. The molecule has 0 fully saturated rings. The molecule has 0 saturated carbocycles. The fourth-order valence-electron chi connectivity index (χ4n) is 4.76. The van der Waals surface area contributed by atoms with Crippen LogP contribution < -0.4 is 10.6 Å². The number of anilines is 1. The van der Waals surface area contributed by atoms with Gasteiger partial charge in [0.25, 0.3) is 16.0 Å². The van der Waals surface area contributed by atoms with Crippen LogP contribution in [0.3, 0.4) is 0 Å². The van der Waals surface area contributed by atoms with Crippen LogP contribution in [-0.2, 0) is 21.2 Å². The maximum Gasteiger partial charge on any atom is 0.261 e. The van der Waals surface area contributed by atoms with Gasteiger partial charge in [0.05, 0.1) is 29.6 Å². The maximum atomic E-state index is 13.6. The Morgan fingerprint density at radius 2 is 1.73 bits per heavy atom. The molecule has 0 aliphatic carbocycles. The molecule has 1 aromatic heterocycles. The first-order chi connectivity index (χ1) is 17.3. The molecule has 4 rings (SSSR count). The third kappa shape index (κ3) is 6.91. The van der Waals surface area contributed by atoms with E-state index in [1.54, 1.807) is 6.20 Å². The van der Waals surface area contributed by atoms with Crippen molar-refractivity contribution in [1.82, 2.24) is 15.1 Å². The highest BCUT2D eigenvalue weighted by atomic mass is 35.5. The molecular formula is C27H35ClN4O4S. The van der Waals surface area contributed by atoms with Gasteiger partial charge in [-0.05, 0) is 56.4 Å². The summed E-state index contributed by atoms with van der Waals surface area (Å²) in [5, 5.41) is 12.2. The first-order valence-corrected chi connectivity index (χ1v) is 14.4. The fourth-order valence-corrected chi connectivity index (χ4v) is 4.89. The number of fused-ring (bicyclic) bond motifs is 1. The van der Waals surface area contributed by atoms with E-state index in [2.05, 4.69) is 55.6 Å². The minimum Gasteiger partial charge on any atom is -0.363 e. The lowest BCUT2D eigenvalue weighted by Crippen LogP contribution is -2.45. The number of hydrogen-bond acceptors (Lipinski definition) is 5. The standard InChI is InChI=1S/C26H31ClN4O.CH4O3S/c1-5-26(6-2,19-12-14-20(27)15-13-19)30-24(32)21-17-28-31-23(21)29-22(16-25(31,3)4)18-10-8-7-9-11-18;1-5(2,3)4/h7-15,17,22,29H,5-6,16H2,1-4H3,(H,30,32);1H3,(H,2,3,4). The Bertz CT molecular complexity index is 1310. The molecule has 2 aromatic carbocycles. The van der Waals surface area contributed by atoms with E-state index in [0.29, 0.717) is 16.8 Å². The van der Waals surface area contributed by atoms with Gasteiger partial charge in [-0.25, -0.2) is 4.68 Å². The Morgan fingerprint density at radius 3 is 2.27 bits per heavy atom. The van der Waals surface area contributed by atoms with Gasteiger partial charge < -0.3 is 10.6 Å². The summed E-state index contributed by atoms with van der Waals surface area (Å²) in [6, 6.07) is 18.2. The van der Waals surface area contributed by atoms with E-state index < -0.39 is 15.7 Å². The average molecular weight is 547 g/mol. The van der Waals surface area contributed by atoms with Crippen molar-refractivity contribution in [3.8, 4) is 0 Å². The molecule has 2 heterocycles. The molecule has 0 spiro atoms. The second kappa shape index (κ2) is 11.2. The highest BCUT2D eigenvalue weighted by Crippen LogP contribution is 2.40. The number of halogens is 1. The second-order valence-corrected chi connectivity index (χ2v) is 11.8. The summed E-state index contributed by atoms with van der Waals surface area (Å²) in [6.07, 6.45) is 4.82. The Labute approximate surface area is 224 Å². The summed E-state index contributed by atoms with van der Waals surface area (Å²) in [5.41, 5.74) is 2.13. The molecule has 8 nitrogen and oxygen atoms in total. The first kappa shape index (κ1) is 28.7. The largest absolute Gasteiger partial charge is 0.363 e. The SMILES string of the molecule is CCC(CC)(NC(=O)c1cnn2c1NC(c1ccccc1)CC2(C)C)c1ccc(Cl)cc1.CS(=O)(=O)O. The van der Waals surface area contributed by atoms with Crippen molar-refractivity contribution in [1.29, 1.82) is 0 Å². The summed E-state index contributed by atoms with van der Waals surface area (Å²) in [7, 11) is -3.67. The predicted molar refractivity (Wildman–Crippen MR) is 148 cm³/mol. The van der Waals surface area contributed by atoms with Crippen molar-refractivity contribution in [2.45, 2.75) is 64.1 Å². The van der Waals surface area contributed by atoms with Gasteiger partial charge in [-0.3, -0.25) is 9.35 Å². The van der Waals surface area contributed by atoms with E-state index in [1.165, 1.54) is 5.56 Å². The molecule has 3 N–H and O–H groups in total. The topological polar surface area (TPSA) is 113 Å². The Kier molecular flexibility index (Phi) is 8.72. The van der Waals surface area contributed by atoms with Gasteiger partial charge in [-0.2, -0.15) is 13.5 Å². The third-order valence-corrected chi connectivity index (χ3v) is 7.01. The molecule has 0 saturated heterocycles. The van der Waals surface area contributed by atoms with Gasteiger partial charge >= 0.3 is 0 Å². The normalized spacial score (nSPS) is 16.6. The summed E-state index contributed by atoms with van der Waals surface area (Å²) in [4.78, 5) is 13.6. The number of aromatic nitrogens is 2. The van der Waals surface area contributed by atoms with Gasteiger partial charge in [0.15, 0.2) is 0 Å². The monoisotopic (exact) mass is 546 g/mol. The quantitative estimate of drug-likeness (QED) is 0.338. The molecule has 0 radical (unpaired) electrons. The average Bonchev–Trinajstić information content (AvgIpc) is 3.28. The molecule has 1 unspecified atom stereocenters. The Hall–Kier alpha value is -2.88. The van der Waals surface area contributed by atoms with Crippen molar-refractivity contribution < 1.29 is 17.8 Å². The molecular weight excluding hydrogens is 512 g/mol. The number of amides is 1. The maximum absolute atomic E-state index is 13.6. The second-order valence-electron chi connectivity index (χ2n) is 9.93. The summed E-state index contributed by atoms with van der Waals surface area (Å²) < 4.78 is 27.8. The molecule has 200 valence electrons. The van der Waals surface area contributed by atoms with Gasteiger partial charge in [-0.15, -0.1) is 0 Å². The zero-order valence-electron chi connectivity index (χ0n) is 21.8. The van der Waals surface area contributed by atoms with Crippen LogP contribution in [0.15, 0.2) is 60.8 Å². The van der Waals surface area contributed by atoms with E-state index in [4.69, 9.17) is 16.2 Å². The van der Waals surface area contributed by atoms with Crippen LogP contribution in [0.2, 0.25) is 5.02 Å². The lowest BCUT2D eigenvalue weighted by atomic mass is 9.84. The number of nitrogens with zero attached hydrogens (tertiary/aromatic N) is 2. The zero-order valence-corrected chi connectivity index (χ0v) is 23.4. The van der Waals surface area contributed by atoms with Crippen LogP contribution in [0.4, 0.5) is 5.82 Å². The number of rotatable bonds is 6. The van der Waals surface area contributed by atoms with Crippen LogP contribution in [0.1, 0.15) is 74.5 Å². The van der Waals surface area contributed by atoms with Crippen molar-refractivity contribution in [2.24, 2.45) is 0 Å². The van der Waals surface area contributed by atoms with Crippen LogP contribution in [-0.4, -0.2) is 34.9 Å². The van der Waals surface area contributed by atoms with E-state index in [-0.39, 0.29) is 17.5 Å². The molecule has 1 aliphatic heterocycles. The van der Waals surface area contributed by atoms with Crippen LogP contribution >= 0.6 is 11.6 Å². The van der Waals surface area contributed by atoms with Crippen LogP contribution in [0.25, 0.3) is 0 Å². The Morgan fingerprint density at radius 1 is 1.16 bits per heavy atom. The van der Waals surface area contributed by atoms with Crippen molar-refractivity contribution in [2.75, 3.05) is 11.6 Å². The smallest absolute Gasteiger partial charge is 0.261 e. The van der Waals surface area contributed by atoms with E-state index in [0.717, 1.165) is 30.6 Å². The lowest BCUT2D eigenvalue weighted by molar-refractivity contribution is 0.0890. The van der Waals surface area contributed by atoms with E-state index >= 15 is 0 Å². The molecule has 37 heavy (non-hydrogen) atoms. The van der Waals surface area contributed by atoms with Gasteiger partial charge in [0.2, 0.25) is 0 Å². The van der Waals surface area contributed by atoms with E-state index in [1.807, 2.05) is 47.1 Å². The molecule has 0 bridgehead atoms. The lowest BCUT2D eigenvalue weighted by Gasteiger charge is -2.38. The van der Waals surface area contributed by atoms with Gasteiger partial charge in [-0.1, -0.05) is 67.9 Å². The summed E-state index contributed by atoms with van der Waals surface area (Å²) >= 11 is 6.10. The number of carbonyl (C=O) groups is 1. The highest BCUT2D eigenvalue weighted by Gasteiger charge is 2.38. The van der Waals surface area contributed by atoms with Gasteiger partial charge in [0.1, 0.15) is 11.4 Å². The zero-order chi connectivity index (χ0) is 27.4. The first-order valence-electron chi connectivity index (χ1n) is 12.2. The van der Waals surface area contributed by atoms with Crippen LogP contribution in [0.5, 0.6) is 0 Å². The number of carbonyl (C=O) groups excluding carboxylic acids is 1.